The molecular formula is C15H15N3O4. The zero-order valence-electron chi connectivity index (χ0n) is 11.8. The third kappa shape index (κ3) is 2.84. The summed E-state index contributed by atoms with van der Waals surface area (Å²) in [5.41, 5.74) is 1.14. The normalized spacial score (nSPS) is 18.2. The average Bonchev–Trinajstić information content (AvgIpc) is 3.05. The SMILES string of the molecule is O=C(O)[C@@H]1CN(C(=O)c2ccn(-c3ccccc3)n2)CCO1. The molecule has 0 unspecified atom stereocenters. The highest BCUT2D eigenvalue weighted by atomic mass is 16.5. The molecule has 1 saturated heterocycles. The molecule has 7 nitrogen and oxygen atoms in total. The van der Waals surface area contributed by atoms with Crippen LogP contribution in [0, 0.1) is 0 Å². The summed E-state index contributed by atoms with van der Waals surface area (Å²) in [6.45, 7) is 0.606. The van der Waals surface area contributed by atoms with Crippen molar-refractivity contribution in [2.75, 3.05) is 19.7 Å². The second-order valence-corrected chi connectivity index (χ2v) is 4.93. The highest BCUT2D eigenvalue weighted by Gasteiger charge is 2.30. The molecule has 1 aliphatic heterocycles. The lowest BCUT2D eigenvalue weighted by Crippen LogP contribution is -2.48. The number of ether oxygens (including phenoxy) is 1. The van der Waals surface area contributed by atoms with Gasteiger partial charge < -0.3 is 14.7 Å². The van der Waals surface area contributed by atoms with E-state index in [2.05, 4.69) is 5.10 Å². The van der Waals surface area contributed by atoms with Crippen molar-refractivity contribution < 1.29 is 19.4 Å². The molecule has 1 aromatic heterocycles. The molecule has 1 atom stereocenters. The quantitative estimate of drug-likeness (QED) is 0.906. The van der Waals surface area contributed by atoms with Gasteiger partial charge in [0.2, 0.25) is 0 Å². The second kappa shape index (κ2) is 5.98. The molecule has 1 aliphatic rings. The number of morpholine rings is 1. The molecule has 114 valence electrons. The zero-order valence-corrected chi connectivity index (χ0v) is 11.8. The molecule has 22 heavy (non-hydrogen) atoms. The Labute approximate surface area is 126 Å². The van der Waals surface area contributed by atoms with E-state index in [1.54, 1.807) is 16.9 Å². The number of carboxylic acids is 1. The lowest BCUT2D eigenvalue weighted by Gasteiger charge is -2.30. The van der Waals surface area contributed by atoms with E-state index in [9.17, 15) is 9.59 Å². The van der Waals surface area contributed by atoms with Crippen LogP contribution in [0.3, 0.4) is 0 Å². The smallest absolute Gasteiger partial charge is 0.334 e. The Bertz CT molecular complexity index is 683. The number of carboxylic acid groups (broad SMARTS) is 1. The van der Waals surface area contributed by atoms with Gasteiger partial charge in [0.05, 0.1) is 18.8 Å². The van der Waals surface area contributed by atoms with Crippen LogP contribution in [0.5, 0.6) is 0 Å². The Morgan fingerprint density at radius 2 is 2.00 bits per heavy atom. The van der Waals surface area contributed by atoms with Crippen molar-refractivity contribution in [2.45, 2.75) is 6.10 Å². The maximum atomic E-state index is 12.4. The van der Waals surface area contributed by atoms with Crippen LogP contribution in [-0.4, -0.2) is 57.5 Å². The van der Waals surface area contributed by atoms with Gasteiger partial charge in [0.15, 0.2) is 11.8 Å². The molecule has 7 heteroatoms. The third-order valence-corrected chi connectivity index (χ3v) is 3.46. The molecule has 0 bridgehead atoms. The van der Waals surface area contributed by atoms with Crippen molar-refractivity contribution in [3.63, 3.8) is 0 Å². The molecule has 1 amide bonds. The fourth-order valence-electron chi connectivity index (χ4n) is 2.31. The number of carbonyl (C=O) groups is 2. The van der Waals surface area contributed by atoms with Gasteiger partial charge in [0.1, 0.15) is 0 Å². The van der Waals surface area contributed by atoms with E-state index in [4.69, 9.17) is 9.84 Å². The van der Waals surface area contributed by atoms with Crippen molar-refractivity contribution in [3.05, 3.63) is 48.3 Å². The number of aliphatic carboxylic acids is 1. The fraction of sp³-hybridized carbons (Fsp3) is 0.267. The number of hydrogen-bond donors (Lipinski definition) is 1. The van der Waals surface area contributed by atoms with Crippen molar-refractivity contribution in [3.8, 4) is 5.69 Å². The summed E-state index contributed by atoms with van der Waals surface area (Å²) in [7, 11) is 0. The van der Waals surface area contributed by atoms with Gasteiger partial charge in [-0.15, -0.1) is 0 Å². The van der Waals surface area contributed by atoms with Crippen LogP contribution in [0.25, 0.3) is 5.69 Å². The number of benzene rings is 1. The minimum atomic E-state index is -1.06. The van der Waals surface area contributed by atoms with Crippen molar-refractivity contribution >= 4 is 11.9 Å². The molecule has 2 aromatic rings. The summed E-state index contributed by atoms with van der Waals surface area (Å²) in [4.78, 5) is 24.8. The lowest BCUT2D eigenvalue weighted by molar-refractivity contribution is -0.154. The van der Waals surface area contributed by atoms with Gasteiger partial charge in [-0.1, -0.05) is 18.2 Å². The molecule has 1 N–H and O–H groups in total. The van der Waals surface area contributed by atoms with Crippen LogP contribution < -0.4 is 0 Å². The number of aromatic nitrogens is 2. The first kappa shape index (κ1) is 14.3. The largest absolute Gasteiger partial charge is 0.479 e. The summed E-state index contributed by atoms with van der Waals surface area (Å²) in [5.74, 6) is -1.35. The Hall–Kier alpha value is -2.67. The molecule has 0 spiro atoms. The maximum absolute atomic E-state index is 12.4. The van der Waals surface area contributed by atoms with Crippen molar-refractivity contribution in [1.82, 2.24) is 14.7 Å². The monoisotopic (exact) mass is 301 g/mol. The number of amides is 1. The first-order chi connectivity index (χ1) is 10.6. The molecule has 1 fully saturated rings. The van der Waals surface area contributed by atoms with E-state index in [0.29, 0.717) is 6.54 Å². The summed E-state index contributed by atoms with van der Waals surface area (Å²) in [5, 5.41) is 13.2. The highest BCUT2D eigenvalue weighted by Crippen LogP contribution is 2.12. The number of rotatable bonds is 3. The summed E-state index contributed by atoms with van der Waals surface area (Å²) < 4.78 is 6.72. The summed E-state index contributed by atoms with van der Waals surface area (Å²) in [6, 6.07) is 11.1. The van der Waals surface area contributed by atoms with Crippen molar-refractivity contribution in [1.29, 1.82) is 0 Å². The summed E-state index contributed by atoms with van der Waals surface area (Å²) in [6.07, 6.45) is 0.728. The number of hydrogen-bond acceptors (Lipinski definition) is 4. The molecule has 0 aliphatic carbocycles. The van der Waals surface area contributed by atoms with E-state index in [-0.39, 0.29) is 24.8 Å². The minimum Gasteiger partial charge on any atom is -0.479 e. The van der Waals surface area contributed by atoms with Crippen LogP contribution in [0.2, 0.25) is 0 Å². The molecule has 0 radical (unpaired) electrons. The average molecular weight is 301 g/mol. The zero-order chi connectivity index (χ0) is 15.5. The van der Waals surface area contributed by atoms with Crippen molar-refractivity contribution in [2.24, 2.45) is 0 Å². The van der Waals surface area contributed by atoms with Crippen LogP contribution >= 0.6 is 0 Å². The van der Waals surface area contributed by atoms with Gasteiger partial charge in [0, 0.05) is 12.7 Å². The second-order valence-electron chi connectivity index (χ2n) is 4.93. The Morgan fingerprint density at radius 1 is 1.23 bits per heavy atom. The molecule has 1 aromatic carbocycles. The number of nitrogens with zero attached hydrogens (tertiary/aromatic N) is 3. The van der Waals surface area contributed by atoms with Crippen LogP contribution in [-0.2, 0) is 9.53 Å². The van der Waals surface area contributed by atoms with E-state index in [1.165, 1.54) is 4.90 Å². The van der Waals surface area contributed by atoms with Gasteiger partial charge in [-0.2, -0.15) is 5.10 Å². The van der Waals surface area contributed by atoms with Gasteiger partial charge in [-0.05, 0) is 18.2 Å². The Kier molecular flexibility index (Phi) is 3.88. The van der Waals surface area contributed by atoms with Crippen LogP contribution in [0.1, 0.15) is 10.5 Å². The number of para-hydroxylation sites is 1. The van der Waals surface area contributed by atoms with Crippen LogP contribution in [0.15, 0.2) is 42.6 Å². The standard InChI is InChI=1S/C15H15N3O4/c19-14(17-8-9-22-13(10-17)15(20)21)12-6-7-18(16-12)11-4-2-1-3-5-11/h1-7,13H,8-10H2,(H,20,21)/t13-/m0/s1. The number of carbonyl (C=O) groups excluding carboxylic acids is 1. The predicted molar refractivity (Wildman–Crippen MR) is 76.8 cm³/mol. The van der Waals surface area contributed by atoms with Gasteiger partial charge >= 0.3 is 5.97 Å². The van der Waals surface area contributed by atoms with Crippen LogP contribution in [0.4, 0.5) is 0 Å². The molecule has 3 rings (SSSR count). The van der Waals surface area contributed by atoms with Gasteiger partial charge in [-0.25, -0.2) is 9.48 Å². The maximum Gasteiger partial charge on any atom is 0.334 e. The summed E-state index contributed by atoms with van der Waals surface area (Å²) >= 11 is 0. The van der Waals surface area contributed by atoms with Gasteiger partial charge in [-0.3, -0.25) is 4.79 Å². The third-order valence-electron chi connectivity index (χ3n) is 3.46. The van der Waals surface area contributed by atoms with E-state index >= 15 is 0 Å². The fourth-order valence-corrected chi connectivity index (χ4v) is 2.31. The first-order valence-electron chi connectivity index (χ1n) is 6.90. The molecule has 2 heterocycles. The lowest BCUT2D eigenvalue weighted by atomic mass is 10.2. The molecular weight excluding hydrogens is 286 g/mol. The first-order valence-corrected chi connectivity index (χ1v) is 6.90. The van der Waals surface area contributed by atoms with E-state index in [0.717, 1.165) is 5.69 Å². The Balaban J connectivity index is 1.76. The minimum absolute atomic E-state index is 0.0341. The van der Waals surface area contributed by atoms with E-state index in [1.807, 2.05) is 30.3 Å². The topological polar surface area (TPSA) is 84.7 Å². The highest BCUT2D eigenvalue weighted by molar-refractivity contribution is 5.92. The predicted octanol–water partition coefficient (Wildman–Crippen LogP) is 0.798. The molecule has 0 saturated carbocycles. The Morgan fingerprint density at radius 3 is 2.73 bits per heavy atom. The van der Waals surface area contributed by atoms with Gasteiger partial charge in [0.25, 0.3) is 5.91 Å². The van der Waals surface area contributed by atoms with E-state index < -0.39 is 12.1 Å².